The van der Waals surface area contributed by atoms with Crippen LogP contribution in [0.3, 0.4) is 0 Å². The molecule has 8 nitrogen and oxygen atoms in total. The summed E-state index contributed by atoms with van der Waals surface area (Å²) < 4.78 is 31.4. The van der Waals surface area contributed by atoms with E-state index in [-0.39, 0.29) is 18.4 Å². The molecule has 0 aliphatic rings. The third-order valence-corrected chi connectivity index (χ3v) is 6.50. The highest BCUT2D eigenvalue weighted by atomic mass is 32.2. The number of anilines is 1. The number of nitrogens with one attached hydrogen (secondary N) is 1. The zero-order valence-corrected chi connectivity index (χ0v) is 21.3. The average Bonchev–Trinajstić information content (AvgIpc) is 2.80. The summed E-state index contributed by atoms with van der Waals surface area (Å²) in [4.78, 5) is 27.7. The number of sulfonamides is 1. The first-order valence-corrected chi connectivity index (χ1v) is 13.1. The van der Waals surface area contributed by atoms with Crippen molar-refractivity contribution < 1.29 is 22.7 Å². The standard InChI is InChI=1S/C25H35N3O5S/c1-19(2)17-26-25(30)20(3)27(15-14-21-10-7-6-8-11-21)24(29)18-28(34(5,31)32)22-12-9-13-23(16-22)33-4/h6-13,16,19-20H,14-15,17-18H2,1-5H3,(H,26,30). The van der Waals surface area contributed by atoms with Gasteiger partial charge in [0.2, 0.25) is 21.8 Å². The lowest BCUT2D eigenvalue weighted by molar-refractivity contribution is -0.138. The van der Waals surface area contributed by atoms with Gasteiger partial charge in [0, 0.05) is 19.2 Å². The van der Waals surface area contributed by atoms with Crippen LogP contribution < -0.4 is 14.4 Å². The second-order valence-electron chi connectivity index (χ2n) is 8.61. The van der Waals surface area contributed by atoms with Crippen molar-refractivity contribution in [3.05, 3.63) is 60.2 Å². The topological polar surface area (TPSA) is 96.0 Å². The molecule has 34 heavy (non-hydrogen) atoms. The Balaban J connectivity index is 2.30. The van der Waals surface area contributed by atoms with Gasteiger partial charge >= 0.3 is 0 Å². The van der Waals surface area contributed by atoms with Crippen LogP contribution in [0.5, 0.6) is 5.75 Å². The van der Waals surface area contributed by atoms with Crippen LogP contribution in [0.4, 0.5) is 5.69 Å². The maximum Gasteiger partial charge on any atom is 0.244 e. The molecular formula is C25H35N3O5S. The third kappa shape index (κ3) is 8.06. The number of amides is 2. The molecule has 0 saturated carbocycles. The smallest absolute Gasteiger partial charge is 0.244 e. The van der Waals surface area contributed by atoms with E-state index in [1.54, 1.807) is 31.2 Å². The number of carbonyl (C=O) groups excluding carboxylic acids is 2. The Hall–Kier alpha value is -3.07. The van der Waals surface area contributed by atoms with Crippen LogP contribution in [0.1, 0.15) is 26.3 Å². The van der Waals surface area contributed by atoms with Crippen LogP contribution >= 0.6 is 0 Å². The first kappa shape index (κ1) is 27.2. The number of benzene rings is 2. The summed E-state index contributed by atoms with van der Waals surface area (Å²) in [6, 6.07) is 15.4. The van der Waals surface area contributed by atoms with E-state index < -0.39 is 28.5 Å². The Bertz CT molecular complexity index is 1060. The van der Waals surface area contributed by atoms with Gasteiger partial charge < -0.3 is 15.0 Å². The molecule has 2 rings (SSSR count). The fraction of sp³-hybridized carbons (Fsp3) is 0.440. The van der Waals surface area contributed by atoms with Gasteiger partial charge in [-0.05, 0) is 37.0 Å². The molecular weight excluding hydrogens is 454 g/mol. The summed E-state index contributed by atoms with van der Waals surface area (Å²) in [7, 11) is -2.29. The molecule has 1 atom stereocenters. The van der Waals surface area contributed by atoms with Gasteiger partial charge in [0.05, 0.1) is 19.1 Å². The molecule has 186 valence electrons. The average molecular weight is 490 g/mol. The fourth-order valence-electron chi connectivity index (χ4n) is 3.40. The van der Waals surface area contributed by atoms with Gasteiger partial charge in [0.15, 0.2) is 0 Å². The van der Waals surface area contributed by atoms with Crippen LogP contribution in [-0.2, 0) is 26.0 Å². The van der Waals surface area contributed by atoms with Crippen LogP contribution in [0, 0.1) is 5.92 Å². The van der Waals surface area contributed by atoms with E-state index in [0.717, 1.165) is 16.1 Å². The van der Waals surface area contributed by atoms with E-state index in [4.69, 9.17) is 4.74 Å². The molecule has 0 spiro atoms. The third-order valence-electron chi connectivity index (χ3n) is 5.36. The van der Waals surface area contributed by atoms with Gasteiger partial charge in [-0.15, -0.1) is 0 Å². The zero-order chi connectivity index (χ0) is 25.3. The number of methoxy groups -OCH3 is 1. The number of nitrogens with zero attached hydrogens (tertiary/aromatic N) is 2. The van der Waals surface area contributed by atoms with Crippen LogP contribution in [0.2, 0.25) is 0 Å². The van der Waals surface area contributed by atoms with E-state index in [1.165, 1.54) is 12.0 Å². The summed E-state index contributed by atoms with van der Waals surface area (Å²) >= 11 is 0. The molecule has 0 aromatic heterocycles. The zero-order valence-electron chi connectivity index (χ0n) is 20.5. The van der Waals surface area contributed by atoms with Crippen molar-refractivity contribution >= 4 is 27.5 Å². The lowest BCUT2D eigenvalue weighted by Gasteiger charge is -2.31. The summed E-state index contributed by atoms with van der Waals surface area (Å²) in [6.45, 7) is 5.97. The van der Waals surface area contributed by atoms with E-state index in [2.05, 4.69) is 5.32 Å². The predicted octanol–water partition coefficient (Wildman–Crippen LogP) is 2.69. The van der Waals surface area contributed by atoms with Crippen molar-refractivity contribution in [2.75, 3.05) is 37.3 Å². The molecule has 1 N–H and O–H groups in total. The largest absolute Gasteiger partial charge is 0.497 e. The maximum absolute atomic E-state index is 13.4. The van der Waals surface area contributed by atoms with Crippen molar-refractivity contribution in [3.63, 3.8) is 0 Å². The van der Waals surface area contributed by atoms with Gasteiger partial charge in [-0.25, -0.2) is 8.42 Å². The van der Waals surface area contributed by atoms with Gasteiger partial charge in [-0.3, -0.25) is 13.9 Å². The van der Waals surface area contributed by atoms with Crippen molar-refractivity contribution in [2.45, 2.75) is 33.2 Å². The number of carbonyl (C=O) groups is 2. The van der Waals surface area contributed by atoms with E-state index >= 15 is 0 Å². The normalized spacial score (nSPS) is 12.2. The van der Waals surface area contributed by atoms with Gasteiger partial charge in [0.1, 0.15) is 18.3 Å². The van der Waals surface area contributed by atoms with Crippen LogP contribution in [-0.4, -0.2) is 64.2 Å². The second-order valence-corrected chi connectivity index (χ2v) is 10.5. The Morgan fingerprint density at radius 2 is 1.71 bits per heavy atom. The van der Waals surface area contributed by atoms with E-state index in [1.807, 2.05) is 44.2 Å². The highest BCUT2D eigenvalue weighted by Crippen LogP contribution is 2.23. The molecule has 1 unspecified atom stereocenters. The molecule has 2 aromatic rings. The number of hydrogen-bond acceptors (Lipinski definition) is 5. The molecule has 0 aliphatic carbocycles. The van der Waals surface area contributed by atoms with Gasteiger partial charge in [-0.2, -0.15) is 0 Å². The molecule has 0 saturated heterocycles. The van der Waals surface area contributed by atoms with Gasteiger partial charge in [-0.1, -0.05) is 50.2 Å². The Labute approximate surface area is 202 Å². The summed E-state index contributed by atoms with van der Waals surface area (Å²) in [5.41, 5.74) is 1.33. The monoisotopic (exact) mass is 489 g/mol. The lowest BCUT2D eigenvalue weighted by Crippen LogP contribution is -2.52. The second kappa shape index (κ2) is 12.4. The molecule has 2 aromatic carbocycles. The maximum atomic E-state index is 13.4. The summed E-state index contributed by atoms with van der Waals surface area (Å²) in [6.07, 6.45) is 1.58. The molecule has 0 fully saturated rings. The number of hydrogen-bond donors (Lipinski definition) is 1. The SMILES string of the molecule is COc1cccc(N(CC(=O)N(CCc2ccccc2)C(C)C(=O)NCC(C)C)S(C)(=O)=O)c1. The van der Waals surface area contributed by atoms with Crippen molar-refractivity contribution in [3.8, 4) is 5.75 Å². The quantitative estimate of drug-likeness (QED) is 0.495. The highest BCUT2D eigenvalue weighted by molar-refractivity contribution is 7.92. The first-order chi connectivity index (χ1) is 16.0. The van der Waals surface area contributed by atoms with Gasteiger partial charge in [0.25, 0.3) is 0 Å². The lowest BCUT2D eigenvalue weighted by atomic mass is 10.1. The van der Waals surface area contributed by atoms with Crippen molar-refractivity contribution in [1.82, 2.24) is 10.2 Å². The molecule has 0 heterocycles. The Morgan fingerprint density at radius 1 is 1.03 bits per heavy atom. The molecule has 0 radical (unpaired) electrons. The minimum atomic E-state index is -3.78. The minimum absolute atomic E-state index is 0.262. The Morgan fingerprint density at radius 3 is 2.29 bits per heavy atom. The highest BCUT2D eigenvalue weighted by Gasteiger charge is 2.29. The molecule has 0 bridgehead atoms. The number of rotatable bonds is 12. The van der Waals surface area contributed by atoms with E-state index in [9.17, 15) is 18.0 Å². The van der Waals surface area contributed by atoms with E-state index in [0.29, 0.717) is 24.4 Å². The minimum Gasteiger partial charge on any atom is -0.497 e. The van der Waals surface area contributed by atoms with Crippen LogP contribution in [0.15, 0.2) is 54.6 Å². The first-order valence-electron chi connectivity index (χ1n) is 11.3. The van der Waals surface area contributed by atoms with Crippen LogP contribution in [0.25, 0.3) is 0 Å². The summed E-state index contributed by atoms with van der Waals surface area (Å²) in [5.74, 6) is -0.00172. The van der Waals surface area contributed by atoms with Crippen molar-refractivity contribution in [2.24, 2.45) is 5.92 Å². The number of ether oxygens (including phenoxy) is 1. The molecule has 0 aliphatic heterocycles. The predicted molar refractivity (Wildman–Crippen MR) is 134 cm³/mol. The Kier molecular flexibility index (Phi) is 9.92. The summed E-state index contributed by atoms with van der Waals surface area (Å²) in [5, 5.41) is 2.86. The fourth-order valence-corrected chi connectivity index (χ4v) is 4.24. The molecule has 2 amide bonds. The van der Waals surface area contributed by atoms with Crippen molar-refractivity contribution in [1.29, 1.82) is 0 Å². The molecule has 9 heteroatoms.